The van der Waals surface area contributed by atoms with Crippen LogP contribution >= 0.6 is 0 Å². The molecular weight excluding hydrogens is 705 g/mol. The summed E-state index contributed by atoms with van der Waals surface area (Å²) in [5, 5.41) is 9.17. The van der Waals surface area contributed by atoms with Gasteiger partial charge >= 0.3 is 0 Å². The number of hydrogen-bond acceptors (Lipinski definition) is 2. The molecule has 0 aliphatic carbocycles. The molecule has 0 saturated heterocycles. The molecule has 0 amide bonds. The Hall–Kier alpha value is -7.68. The summed E-state index contributed by atoms with van der Waals surface area (Å²) in [5.41, 5.74) is 15.1. The fourth-order valence-corrected chi connectivity index (χ4v) is 9.27. The summed E-state index contributed by atoms with van der Waals surface area (Å²) in [4.78, 5) is 0. The number of para-hydroxylation sites is 4. The first-order valence-corrected chi connectivity index (χ1v) is 19.8. The second-order valence-corrected chi connectivity index (χ2v) is 15.1. The number of rotatable bonds is 5. The first kappa shape index (κ1) is 32.6. The third-order valence-electron chi connectivity index (χ3n) is 11.9. The molecule has 0 fully saturated rings. The van der Waals surface area contributed by atoms with Crippen molar-refractivity contribution in [2.75, 3.05) is 0 Å². The molecule has 0 atom stereocenters. The molecule has 2 nitrogen and oxygen atoms in total. The Balaban J connectivity index is 1.22. The van der Waals surface area contributed by atoms with Crippen LogP contribution in [0.5, 0.6) is 0 Å². The Kier molecular flexibility index (Phi) is 7.26. The van der Waals surface area contributed by atoms with Gasteiger partial charge in [0.2, 0.25) is 0 Å². The van der Waals surface area contributed by atoms with Gasteiger partial charge in [-0.25, -0.2) is 0 Å². The second kappa shape index (κ2) is 12.9. The first-order valence-electron chi connectivity index (χ1n) is 19.8. The van der Waals surface area contributed by atoms with Crippen LogP contribution in [0.1, 0.15) is 0 Å². The van der Waals surface area contributed by atoms with Crippen molar-refractivity contribution in [3.63, 3.8) is 0 Å². The Morgan fingerprint density at radius 3 is 1.22 bits per heavy atom. The molecule has 0 aliphatic heterocycles. The van der Waals surface area contributed by atoms with Gasteiger partial charge in [0.15, 0.2) is 0 Å². The highest BCUT2D eigenvalue weighted by molar-refractivity contribution is 6.23. The zero-order valence-electron chi connectivity index (χ0n) is 31.4. The molecule has 0 unspecified atom stereocenters. The topological polar surface area (TPSA) is 26.3 Å². The molecule has 2 heteroatoms. The molecule has 0 aliphatic rings. The van der Waals surface area contributed by atoms with Gasteiger partial charge in [-0.2, -0.15) is 0 Å². The molecule has 270 valence electrons. The molecule has 0 N–H and O–H groups in total. The number of hydrogen-bond donors (Lipinski definition) is 0. The van der Waals surface area contributed by atoms with Gasteiger partial charge in [-0.3, -0.25) is 0 Å². The van der Waals surface area contributed by atoms with Gasteiger partial charge in [0.25, 0.3) is 0 Å². The van der Waals surface area contributed by atoms with Gasteiger partial charge in [-0.1, -0.05) is 182 Å². The standard InChI is InChI=1S/C56H34O2/c1-3-15-35(16-4-1)37-31-32-44(49(33-37)36-17-5-2-6-18-36)54-42-23-11-21-38(45-25-13-27-47-40-19-7-9-29-52(40)57-55(45)47)50(42)34-51-39(22-12-24-43(51)54)46-26-14-28-48-41-20-8-10-30-53(41)58-56(46)48/h1-34H. The van der Waals surface area contributed by atoms with E-state index < -0.39 is 0 Å². The minimum absolute atomic E-state index is 0.892. The van der Waals surface area contributed by atoms with Crippen molar-refractivity contribution in [1.29, 1.82) is 0 Å². The van der Waals surface area contributed by atoms with Crippen LogP contribution in [0.4, 0.5) is 0 Å². The highest BCUT2D eigenvalue weighted by Gasteiger charge is 2.22. The van der Waals surface area contributed by atoms with E-state index in [-0.39, 0.29) is 0 Å². The summed E-state index contributed by atoms with van der Waals surface area (Å²) in [5.74, 6) is 0. The van der Waals surface area contributed by atoms with Gasteiger partial charge in [0.05, 0.1) is 0 Å². The second-order valence-electron chi connectivity index (χ2n) is 15.1. The quantitative estimate of drug-likeness (QED) is 0.164. The SMILES string of the molecule is c1ccc(-c2ccc(-c3c4cccc(-c5cccc6c5oc5ccccc56)c4cc4c(-c5cccc6c5oc5ccccc56)cccc34)c(-c3ccccc3)c2)cc1. The Morgan fingerprint density at radius 2 is 0.672 bits per heavy atom. The Morgan fingerprint density at radius 1 is 0.224 bits per heavy atom. The maximum absolute atomic E-state index is 6.68. The van der Waals surface area contributed by atoms with E-state index in [1.54, 1.807) is 0 Å². The van der Waals surface area contributed by atoms with Crippen LogP contribution < -0.4 is 0 Å². The molecule has 2 aromatic heterocycles. The van der Waals surface area contributed by atoms with Crippen LogP contribution in [0, 0.1) is 0 Å². The van der Waals surface area contributed by atoms with Crippen LogP contribution in [0.15, 0.2) is 215 Å². The highest BCUT2D eigenvalue weighted by atomic mass is 16.3. The van der Waals surface area contributed by atoms with Crippen LogP contribution in [-0.2, 0) is 0 Å². The molecule has 12 aromatic rings. The minimum atomic E-state index is 0.892. The van der Waals surface area contributed by atoms with Crippen LogP contribution in [0.3, 0.4) is 0 Å². The van der Waals surface area contributed by atoms with E-state index in [9.17, 15) is 0 Å². The van der Waals surface area contributed by atoms with Crippen molar-refractivity contribution in [2.45, 2.75) is 0 Å². The molecule has 58 heavy (non-hydrogen) atoms. The monoisotopic (exact) mass is 738 g/mol. The Bertz CT molecular complexity index is 3380. The lowest BCUT2D eigenvalue weighted by atomic mass is 9.83. The van der Waals surface area contributed by atoms with E-state index in [4.69, 9.17) is 8.83 Å². The molecule has 0 radical (unpaired) electrons. The fraction of sp³-hybridized carbons (Fsp3) is 0. The van der Waals surface area contributed by atoms with Crippen LogP contribution in [0.2, 0.25) is 0 Å². The predicted molar refractivity (Wildman–Crippen MR) is 243 cm³/mol. The van der Waals surface area contributed by atoms with Gasteiger partial charge < -0.3 is 8.83 Å². The summed E-state index contributed by atoms with van der Waals surface area (Å²) in [6.07, 6.45) is 0. The van der Waals surface area contributed by atoms with Crippen molar-refractivity contribution in [2.24, 2.45) is 0 Å². The van der Waals surface area contributed by atoms with E-state index in [1.807, 2.05) is 12.1 Å². The van der Waals surface area contributed by atoms with Crippen molar-refractivity contribution in [3.05, 3.63) is 206 Å². The highest BCUT2D eigenvalue weighted by Crippen LogP contribution is 2.48. The van der Waals surface area contributed by atoms with E-state index >= 15 is 0 Å². The lowest BCUT2D eigenvalue weighted by molar-refractivity contribution is 0.669. The predicted octanol–water partition coefficient (Wildman–Crippen LogP) is 16.1. The summed E-state index contributed by atoms with van der Waals surface area (Å²) in [6.45, 7) is 0. The molecule has 10 aromatic carbocycles. The van der Waals surface area contributed by atoms with Crippen molar-refractivity contribution < 1.29 is 8.83 Å². The fourth-order valence-electron chi connectivity index (χ4n) is 9.27. The Labute approximate surface area is 334 Å². The van der Waals surface area contributed by atoms with Crippen molar-refractivity contribution >= 4 is 65.4 Å². The average molecular weight is 739 g/mol. The third-order valence-corrected chi connectivity index (χ3v) is 11.9. The molecule has 2 heterocycles. The third kappa shape index (κ3) is 4.99. The van der Waals surface area contributed by atoms with Gasteiger partial charge in [-0.15, -0.1) is 0 Å². The van der Waals surface area contributed by atoms with Gasteiger partial charge in [0, 0.05) is 32.7 Å². The maximum Gasteiger partial charge on any atom is 0.143 e. The summed E-state index contributed by atoms with van der Waals surface area (Å²) in [6, 6.07) is 74.0. The smallest absolute Gasteiger partial charge is 0.143 e. The van der Waals surface area contributed by atoms with Gasteiger partial charge in [0.1, 0.15) is 22.3 Å². The molecule has 0 saturated carbocycles. The molecular formula is C56H34O2. The van der Waals surface area contributed by atoms with E-state index in [0.717, 1.165) is 76.9 Å². The minimum Gasteiger partial charge on any atom is -0.455 e. The lowest BCUT2D eigenvalue weighted by Gasteiger charge is -2.20. The van der Waals surface area contributed by atoms with Crippen LogP contribution in [0.25, 0.3) is 121 Å². The van der Waals surface area contributed by atoms with Crippen molar-refractivity contribution in [1.82, 2.24) is 0 Å². The number of benzene rings is 10. The maximum atomic E-state index is 6.68. The van der Waals surface area contributed by atoms with E-state index in [0.29, 0.717) is 0 Å². The lowest BCUT2D eigenvalue weighted by Crippen LogP contribution is -1.93. The van der Waals surface area contributed by atoms with Crippen LogP contribution in [-0.4, -0.2) is 0 Å². The molecule has 0 spiro atoms. The summed E-state index contributed by atoms with van der Waals surface area (Å²) >= 11 is 0. The van der Waals surface area contributed by atoms with Gasteiger partial charge in [-0.05, 0) is 90.3 Å². The van der Waals surface area contributed by atoms with E-state index in [2.05, 4.69) is 194 Å². The molecule has 0 bridgehead atoms. The zero-order valence-corrected chi connectivity index (χ0v) is 31.4. The normalized spacial score (nSPS) is 11.8. The van der Waals surface area contributed by atoms with E-state index in [1.165, 1.54) is 44.2 Å². The first-order chi connectivity index (χ1) is 28.8. The summed E-state index contributed by atoms with van der Waals surface area (Å²) < 4.78 is 13.4. The zero-order chi connectivity index (χ0) is 38.2. The molecule has 12 rings (SSSR count). The number of furan rings is 2. The van der Waals surface area contributed by atoms with Crippen molar-refractivity contribution in [3.8, 4) is 55.6 Å². The average Bonchev–Trinajstić information content (AvgIpc) is 3.87. The largest absolute Gasteiger partial charge is 0.455 e. The number of fused-ring (bicyclic) bond motifs is 8. The summed E-state index contributed by atoms with van der Waals surface area (Å²) in [7, 11) is 0.